The van der Waals surface area contributed by atoms with Crippen molar-refractivity contribution in [1.29, 1.82) is 5.26 Å². The highest BCUT2D eigenvalue weighted by molar-refractivity contribution is 5.87. The van der Waals surface area contributed by atoms with Gasteiger partial charge in [0.25, 0.3) is 0 Å². The molecule has 1 N–H and O–H groups in total. The van der Waals surface area contributed by atoms with Crippen molar-refractivity contribution in [2.75, 3.05) is 12.5 Å². The summed E-state index contributed by atoms with van der Waals surface area (Å²) < 4.78 is 7.37. The molecule has 2 aromatic carbocycles. The number of ether oxygens (including phenoxy) is 1. The summed E-state index contributed by atoms with van der Waals surface area (Å²) in [7, 11) is 1.64. The molecule has 0 spiro atoms. The number of nitrogens with zero attached hydrogens (tertiary/aromatic N) is 4. The van der Waals surface area contributed by atoms with E-state index in [0.717, 1.165) is 45.7 Å². The number of nitrogens with one attached hydrogen (secondary N) is 1. The summed E-state index contributed by atoms with van der Waals surface area (Å²) in [5.74, 6) is 1.57. The average Bonchev–Trinajstić information content (AvgIpc) is 3.13. The third-order valence-corrected chi connectivity index (χ3v) is 5.10. The molecule has 6 nitrogen and oxygen atoms in total. The van der Waals surface area contributed by atoms with Gasteiger partial charge in [-0.1, -0.05) is 31.2 Å². The fourth-order valence-electron chi connectivity index (χ4n) is 3.67. The zero-order valence-electron chi connectivity index (χ0n) is 16.6. The van der Waals surface area contributed by atoms with Crippen molar-refractivity contribution >= 4 is 28.7 Å². The molecule has 4 rings (SSSR count). The number of hydrogen-bond acceptors (Lipinski definition) is 5. The van der Waals surface area contributed by atoms with Gasteiger partial charge in [-0.3, -0.25) is 9.83 Å². The predicted octanol–water partition coefficient (Wildman–Crippen LogP) is 4.68. The minimum absolute atomic E-state index is 0.595. The minimum Gasteiger partial charge on any atom is -0.496 e. The number of nitriles is 1. The number of para-hydroxylation sites is 3. The van der Waals surface area contributed by atoms with E-state index in [-0.39, 0.29) is 0 Å². The van der Waals surface area contributed by atoms with Gasteiger partial charge in [-0.25, -0.2) is 4.98 Å². The average molecular weight is 383 g/mol. The van der Waals surface area contributed by atoms with E-state index in [0.29, 0.717) is 11.2 Å². The molecule has 0 amide bonds. The van der Waals surface area contributed by atoms with Crippen LogP contribution < -0.4 is 10.2 Å². The van der Waals surface area contributed by atoms with E-state index in [4.69, 9.17) is 9.72 Å². The second-order valence-corrected chi connectivity index (χ2v) is 6.66. The number of fused-ring (bicyclic) bond motifs is 3. The summed E-state index contributed by atoms with van der Waals surface area (Å²) in [6.07, 6.45) is 2.49. The molecule has 144 valence electrons. The molecule has 6 heteroatoms. The Morgan fingerprint density at radius 1 is 1.21 bits per heavy atom. The van der Waals surface area contributed by atoms with Crippen molar-refractivity contribution in [3.8, 4) is 11.8 Å². The summed E-state index contributed by atoms with van der Waals surface area (Å²) in [6, 6.07) is 17.9. The highest BCUT2D eigenvalue weighted by Crippen LogP contribution is 2.31. The van der Waals surface area contributed by atoms with E-state index >= 15 is 0 Å². The summed E-state index contributed by atoms with van der Waals surface area (Å²) in [5, 5.41) is 14.2. The Balaban J connectivity index is 1.91. The van der Waals surface area contributed by atoms with Crippen LogP contribution in [0, 0.1) is 18.3 Å². The first-order valence-corrected chi connectivity index (χ1v) is 9.44. The van der Waals surface area contributed by atoms with Gasteiger partial charge in [0.2, 0.25) is 0 Å². The van der Waals surface area contributed by atoms with Crippen LogP contribution in [-0.4, -0.2) is 22.7 Å². The highest BCUT2D eigenvalue weighted by atomic mass is 16.5. The maximum absolute atomic E-state index is 9.77. The minimum atomic E-state index is 0.595. The Morgan fingerprint density at radius 2 is 1.97 bits per heavy atom. The van der Waals surface area contributed by atoms with E-state index < -0.39 is 0 Å². The van der Waals surface area contributed by atoms with E-state index in [2.05, 4.69) is 23.5 Å². The maximum Gasteiger partial charge on any atom is 0.157 e. The molecule has 0 fully saturated rings. The Hall–Kier alpha value is -3.85. The largest absolute Gasteiger partial charge is 0.496 e. The Bertz CT molecular complexity index is 1280. The summed E-state index contributed by atoms with van der Waals surface area (Å²) in [5.41, 5.74) is 9.05. The number of anilines is 1. The van der Waals surface area contributed by atoms with Crippen LogP contribution in [0.2, 0.25) is 0 Å². The molecule has 0 unspecified atom stereocenters. The Labute approximate surface area is 169 Å². The van der Waals surface area contributed by atoms with Crippen molar-refractivity contribution in [3.63, 3.8) is 0 Å². The van der Waals surface area contributed by atoms with Crippen molar-refractivity contribution in [2.24, 2.45) is 5.10 Å². The monoisotopic (exact) mass is 383 g/mol. The van der Waals surface area contributed by atoms with Gasteiger partial charge < -0.3 is 4.74 Å². The fourth-order valence-corrected chi connectivity index (χ4v) is 3.67. The van der Waals surface area contributed by atoms with Gasteiger partial charge in [-0.05, 0) is 48.7 Å². The van der Waals surface area contributed by atoms with Crippen LogP contribution in [0.15, 0.2) is 53.6 Å². The molecule has 0 radical (unpaired) electrons. The molecule has 0 aliphatic heterocycles. The lowest BCUT2D eigenvalue weighted by Crippen LogP contribution is -2.07. The van der Waals surface area contributed by atoms with Gasteiger partial charge in [0.1, 0.15) is 17.6 Å². The number of pyridine rings is 1. The van der Waals surface area contributed by atoms with Crippen LogP contribution >= 0.6 is 0 Å². The SMILES string of the molecule is CCc1c(C)c(C#N)c2nc3ccccc3n2c1N/N=C\c1ccccc1OC. The molecular formula is C23H21N5O. The quantitative estimate of drug-likeness (QED) is 0.401. The molecular weight excluding hydrogens is 362 g/mol. The van der Waals surface area contributed by atoms with Crippen LogP contribution in [0.5, 0.6) is 5.75 Å². The zero-order valence-corrected chi connectivity index (χ0v) is 16.6. The third-order valence-electron chi connectivity index (χ3n) is 5.10. The summed E-state index contributed by atoms with van der Waals surface area (Å²) >= 11 is 0. The van der Waals surface area contributed by atoms with E-state index in [1.807, 2.05) is 59.9 Å². The van der Waals surface area contributed by atoms with Crippen molar-refractivity contribution in [2.45, 2.75) is 20.3 Å². The molecule has 4 aromatic rings. The molecule has 0 bridgehead atoms. The Kier molecular flexibility index (Phi) is 4.88. The lowest BCUT2D eigenvalue weighted by atomic mass is 10.0. The maximum atomic E-state index is 9.77. The van der Waals surface area contributed by atoms with Gasteiger partial charge in [0, 0.05) is 5.56 Å². The summed E-state index contributed by atoms with van der Waals surface area (Å²) in [6.45, 7) is 4.04. The first-order valence-electron chi connectivity index (χ1n) is 9.44. The second-order valence-electron chi connectivity index (χ2n) is 6.66. The number of methoxy groups -OCH3 is 1. The number of hydrazone groups is 1. The van der Waals surface area contributed by atoms with Gasteiger partial charge >= 0.3 is 0 Å². The fraction of sp³-hybridized carbons (Fsp3) is 0.174. The lowest BCUT2D eigenvalue weighted by molar-refractivity contribution is 0.414. The molecule has 2 aromatic heterocycles. The van der Waals surface area contributed by atoms with E-state index in [1.54, 1.807) is 13.3 Å². The molecule has 29 heavy (non-hydrogen) atoms. The molecule has 0 aliphatic carbocycles. The first-order chi connectivity index (χ1) is 14.2. The third kappa shape index (κ3) is 3.07. The lowest BCUT2D eigenvalue weighted by Gasteiger charge is -2.15. The molecule has 0 saturated heterocycles. The molecule has 0 saturated carbocycles. The number of imidazole rings is 1. The van der Waals surface area contributed by atoms with Crippen LogP contribution in [0.4, 0.5) is 5.82 Å². The standard InChI is InChI=1S/C23H21N5O/c1-4-17-15(2)18(13-24)22-26-19-10-6-7-11-20(19)28(22)23(17)27-25-14-16-9-5-8-12-21(16)29-3/h5-12,14,27H,4H2,1-3H3/b25-14-. The molecule has 2 heterocycles. The van der Waals surface area contributed by atoms with Gasteiger partial charge in [-0.15, -0.1) is 0 Å². The van der Waals surface area contributed by atoms with Crippen LogP contribution in [0.3, 0.4) is 0 Å². The summed E-state index contributed by atoms with van der Waals surface area (Å²) in [4.78, 5) is 4.71. The van der Waals surface area contributed by atoms with Gasteiger partial charge in [-0.2, -0.15) is 10.4 Å². The number of benzene rings is 2. The van der Waals surface area contributed by atoms with Gasteiger partial charge in [0.15, 0.2) is 5.65 Å². The first kappa shape index (κ1) is 18.5. The van der Waals surface area contributed by atoms with E-state index in [1.165, 1.54) is 0 Å². The topological polar surface area (TPSA) is 74.7 Å². The van der Waals surface area contributed by atoms with Crippen LogP contribution in [-0.2, 0) is 6.42 Å². The second kappa shape index (κ2) is 7.64. The molecule has 0 aliphatic rings. The Morgan fingerprint density at radius 3 is 2.72 bits per heavy atom. The van der Waals surface area contributed by atoms with Crippen LogP contribution in [0.25, 0.3) is 16.7 Å². The highest BCUT2D eigenvalue weighted by Gasteiger charge is 2.19. The molecule has 0 atom stereocenters. The van der Waals surface area contributed by atoms with Crippen LogP contribution in [0.1, 0.15) is 29.2 Å². The number of aromatic nitrogens is 2. The zero-order chi connectivity index (χ0) is 20.4. The number of rotatable bonds is 5. The smallest absolute Gasteiger partial charge is 0.157 e. The normalized spacial score (nSPS) is 11.2. The van der Waals surface area contributed by atoms with Crippen molar-refractivity contribution < 1.29 is 4.74 Å². The van der Waals surface area contributed by atoms with Crippen molar-refractivity contribution in [3.05, 3.63) is 70.8 Å². The van der Waals surface area contributed by atoms with Gasteiger partial charge in [0.05, 0.1) is 29.9 Å². The predicted molar refractivity (Wildman–Crippen MR) is 116 cm³/mol. The number of hydrogen-bond donors (Lipinski definition) is 1. The van der Waals surface area contributed by atoms with Crippen molar-refractivity contribution in [1.82, 2.24) is 9.38 Å². The van der Waals surface area contributed by atoms with E-state index in [9.17, 15) is 5.26 Å².